The minimum Gasteiger partial charge on any atom is -0.280 e. The van der Waals surface area contributed by atoms with Crippen molar-refractivity contribution in [1.29, 1.82) is 0 Å². The van der Waals surface area contributed by atoms with Gasteiger partial charge >= 0.3 is 7.59 Å². The summed E-state index contributed by atoms with van der Waals surface area (Å²) < 4.78 is 10.8. The molecule has 5 nitrogen and oxygen atoms in total. The Labute approximate surface area is 85.3 Å². The summed E-state index contributed by atoms with van der Waals surface area (Å²) in [5, 5.41) is 3.85. The van der Waals surface area contributed by atoms with Crippen molar-refractivity contribution >= 4 is 30.9 Å². The molecule has 1 heterocycles. The van der Waals surface area contributed by atoms with Crippen LogP contribution in [-0.4, -0.2) is 5.91 Å². The highest BCUT2D eigenvalue weighted by atomic mass is 32.1. The molecule has 0 saturated carbocycles. The third kappa shape index (κ3) is 4.34. The predicted octanol–water partition coefficient (Wildman–Crippen LogP) is 0.903. The lowest BCUT2D eigenvalue weighted by molar-refractivity contribution is -0.114. The molecular formula is C7H10N3O2PS. The molecular weight excluding hydrogens is 221 g/mol. The molecule has 1 aromatic rings. The second-order valence-electron chi connectivity index (χ2n) is 2.53. The van der Waals surface area contributed by atoms with Gasteiger partial charge in [0.2, 0.25) is 0 Å². The summed E-state index contributed by atoms with van der Waals surface area (Å²) in [5.74, 6) is -0.563. The molecule has 0 saturated heterocycles. The average molecular weight is 231 g/mol. The van der Waals surface area contributed by atoms with Crippen molar-refractivity contribution in [1.82, 2.24) is 5.09 Å². The molecule has 0 spiro atoms. The SMILES string of the molecule is NP(N)(=O)NC(=O)/C=C/c1cccs1. The van der Waals surface area contributed by atoms with Gasteiger partial charge in [-0.05, 0) is 17.5 Å². The van der Waals surface area contributed by atoms with Crippen LogP contribution in [0.3, 0.4) is 0 Å². The van der Waals surface area contributed by atoms with Crippen LogP contribution in [0.2, 0.25) is 0 Å². The van der Waals surface area contributed by atoms with Gasteiger partial charge in [-0.1, -0.05) is 6.07 Å². The second-order valence-corrected chi connectivity index (χ2v) is 5.16. The van der Waals surface area contributed by atoms with Gasteiger partial charge in [-0.2, -0.15) is 0 Å². The number of rotatable bonds is 3. The zero-order chi connectivity index (χ0) is 10.6. The minimum absolute atomic E-state index is 0.563. The number of amides is 1. The molecule has 0 aliphatic carbocycles. The number of nitrogens with one attached hydrogen (secondary N) is 1. The van der Waals surface area contributed by atoms with E-state index in [4.69, 9.17) is 11.0 Å². The first-order chi connectivity index (χ1) is 6.47. The van der Waals surface area contributed by atoms with Crippen LogP contribution in [-0.2, 0) is 9.36 Å². The summed E-state index contributed by atoms with van der Waals surface area (Å²) in [6, 6.07) is 3.71. The highest BCUT2D eigenvalue weighted by molar-refractivity contribution is 7.57. The van der Waals surface area contributed by atoms with E-state index in [9.17, 15) is 9.36 Å². The van der Waals surface area contributed by atoms with Crippen LogP contribution in [0.5, 0.6) is 0 Å². The number of hydrogen-bond donors (Lipinski definition) is 3. The van der Waals surface area contributed by atoms with Gasteiger partial charge in [0.05, 0.1) is 0 Å². The predicted molar refractivity (Wildman–Crippen MR) is 57.5 cm³/mol. The lowest BCUT2D eigenvalue weighted by atomic mass is 10.4. The number of hydrogen-bond acceptors (Lipinski definition) is 3. The smallest absolute Gasteiger partial charge is 0.280 e. The fraction of sp³-hybridized carbons (Fsp3) is 0. The van der Waals surface area contributed by atoms with Crippen LogP contribution in [0.15, 0.2) is 23.6 Å². The molecule has 0 aliphatic heterocycles. The zero-order valence-corrected chi connectivity index (χ0v) is 8.92. The molecule has 0 aliphatic rings. The first-order valence-corrected chi connectivity index (χ1v) is 6.41. The number of nitrogens with two attached hydrogens (primary N) is 2. The lowest BCUT2D eigenvalue weighted by Gasteiger charge is -2.04. The molecule has 76 valence electrons. The molecule has 1 aromatic heterocycles. The van der Waals surface area contributed by atoms with E-state index in [1.54, 1.807) is 6.08 Å². The van der Waals surface area contributed by atoms with Crippen LogP contribution in [0.1, 0.15) is 4.88 Å². The maximum absolute atomic E-state index is 11.0. The summed E-state index contributed by atoms with van der Waals surface area (Å²) in [5.41, 5.74) is 9.91. The van der Waals surface area contributed by atoms with Crippen molar-refractivity contribution in [3.8, 4) is 0 Å². The molecule has 0 radical (unpaired) electrons. The normalized spacial score (nSPS) is 11.9. The molecule has 0 fully saturated rings. The van der Waals surface area contributed by atoms with Crippen LogP contribution in [0.4, 0.5) is 0 Å². The minimum atomic E-state index is -3.48. The van der Waals surface area contributed by atoms with E-state index in [0.29, 0.717) is 0 Å². The Kier molecular flexibility index (Phi) is 3.60. The molecule has 0 atom stereocenters. The van der Waals surface area contributed by atoms with Crippen LogP contribution in [0, 0.1) is 0 Å². The van der Waals surface area contributed by atoms with Crippen molar-refractivity contribution in [3.63, 3.8) is 0 Å². The van der Waals surface area contributed by atoms with Gasteiger partial charge in [-0.15, -0.1) is 11.3 Å². The maximum Gasteiger partial charge on any atom is 0.300 e. The Morgan fingerprint density at radius 2 is 2.29 bits per heavy atom. The van der Waals surface area contributed by atoms with Crippen LogP contribution >= 0.6 is 18.9 Å². The summed E-state index contributed by atoms with van der Waals surface area (Å²) in [6.07, 6.45) is 2.83. The molecule has 7 heteroatoms. The van der Waals surface area contributed by atoms with Crippen molar-refractivity contribution in [2.45, 2.75) is 0 Å². The van der Waals surface area contributed by atoms with E-state index in [2.05, 4.69) is 0 Å². The van der Waals surface area contributed by atoms with Gasteiger partial charge in [-0.25, -0.2) is 0 Å². The molecule has 1 rings (SSSR count). The lowest BCUT2D eigenvalue weighted by Crippen LogP contribution is -2.26. The van der Waals surface area contributed by atoms with Crippen LogP contribution < -0.4 is 16.1 Å². The Morgan fingerprint density at radius 1 is 1.57 bits per heavy atom. The molecule has 1 amide bonds. The summed E-state index contributed by atoms with van der Waals surface area (Å²) in [6.45, 7) is 0. The van der Waals surface area contributed by atoms with Crippen molar-refractivity contribution in [2.24, 2.45) is 11.0 Å². The molecule has 14 heavy (non-hydrogen) atoms. The van der Waals surface area contributed by atoms with E-state index in [-0.39, 0.29) is 0 Å². The highest BCUT2D eigenvalue weighted by Crippen LogP contribution is 2.17. The van der Waals surface area contributed by atoms with Gasteiger partial charge in [0, 0.05) is 11.0 Å². The number of carbonyl (C=O) groups is 1. The van der Waals surface area contributed by atoms with Gasteiger partial charge in [0.15, 0.2) is 0 Å². The Bertz CT molecular complexity index is 382. The van der Waals surface area contributed by atoms with E-state index in [1.807, 2.05) is 22.6 Å². The standard InChI is InChI=1S/C7H10N3O2PS/c8-13(9,12)10-7(11)4-3-6-2-1-5-14-6/h1-5H,(H5,8,9,10,11,12)/b4-3+. The highest BCUT2D eigenvalue weighted by Gasteiger charge is 2.09. The van der Waals surface area contributed by atoms with E-state index < -0.39 is 13.5 Å². The first-order valence-electron chi connectivity index (χ1n) is 3.68. The molecule has 0 unspecified atom stereocenters. The number of thiophene rings is 1. The maximum atomic E-state index is 11.0. The Balaban J connectivity index is 2.54. The topological polar surface area (TPSA) is 98.2 Å². The van der Waals surface area contributed by atoms with Gasteiger partial charge in [0.1, 0.15) is 0 Å². The van der Waals surface area contributed by atoms with Crippen LogP contribution in [0.25, 0.3) is 6.08 Å². The van der Waals surface area contributed by atoms with Gasteiger partial charge in [-0.3, -0.25) is 25.5 Å². The van der Waals surface area contributed by atoms with Crippen molar-refractivity contribution in [2.75, 3.05) is 0 Å². The zero-order valence-electron chi connectivity index (χ0n) is 7.21. The first kappa shape index (κ1) is 11.1. The third-order valence-corrected chi connectivity index (χ3v) is 2.63. The number of carbonyl (C=O) groups excluding carboxylic acids is 1. The summed E-state index contributed by atoms with van der Waals surface area (Å²) >= 11 is 1.48. The fourth-order valence-electron chi connectivity index (χ4n) is 0.753. The average Bonchev–Trinajstić information content (AvgIpc) is 2.49. The largest absolute Gasteiger partial charge is 0.300 e. The second kappa shape index (κ2) is 4.52. The fourth-order valence-corrected chi connectivity index (χ4v) is 1.79. The molecule has 5 N–H and O–H groups in total. The summed E-state index contributed by atoms with van der Waals surface area (Å²) in [4.78, 5) is 11.9. The van der Waals surface area contributed by atoms with Crippen molar-refractivity contribution in [3.05, 3.63) is 28.5 Å². The Hall–Kier alpha value is -0.940. The summed E-state index contributed by atoms with van der Waals surface area (Å²) in [7, 11) is -3.48. The van der Waals surface area contributed by atoms with E-state index >= 15 is 0 Å². The van der Waals surface area contributed by atoms with E-state index in [0.717, 1.165) is 4.88 Å². The Morgan fingerprint density at radius 3 is 2.79 bits per heavy atom. The quantitative estimate of drug-likeness (QED) is 0.531. The van der Waals surface area contributed by atoms with Gasteiger partial charge < -0.3 is 0 Å². The molecule has 0 bridgehead atoms. The van der Waals surface area contributed by atoms with Crippen molar-refractivity contribution < 1.29 is 9.36 Å². The van der Waals surface area contributed by atoms with E-state index in [1.165, 1.54) is 17.4 Å². The van der Waals surface area contributed by atoms with Gasteiger partial charge in [0.25, 0.3) is 5.91 Å². The molecule has 0 aromatic carbocycles. The monoisotopic (exact) mass is 231 g/mol. The third-order valence-electron chi connectivity index (χ3n) is 1.23.